The van der Waals surface area contributed by atoms with Crippen molar-refractivity contribution in [1.82, 2.24) is 4.90 Å². The standard InChI is InChI=1S/C11H14ClNO3/c1-7(12)6-13(2)11(16)8-3-4-9(14)10(15)5-8/h3-5,7,14-15H,6H2,1-2H3. The number of halogens is 1. The number of carbonyl (C=O) groups excluding carboxylic acids is 1. The fourth-order valence-electron chi connectivity index (χ4n) is 1.34. The zero-order valence-corrected chi connectivity index (χ0v) is 9.90. The number of benzene rings is 1. The van der Waals surface area contributed by atoms with E-state index < -0.39 is 0 Å². The Morgan fingerprint density at radius 1 is 1.44 bits per heavy atom. The number of nitrogens with zero attached hydrogens (tertiary/aromatic N) is 1. The molecule has 0 bridgehead atoms. The van der Waals surface area contributed by atoms with Gasteiger partial charge in [-0.25, -0.2) is 0 Å². The average Bonchev–Trinajstić information content (AvgIpc) is 2.20. The third kappa shape index (κ3) is 3.03. The molecule has 0 fully saturated rings. The van der Waals surface area contributed by atoms with Gasteiger partial charge in [-0.05, 0) is 25.1 Å². The van der Waals surface area contributed by atoms with Crippen LogP contribution in [-0.4, -0.2) is 40.0 Å². The van der Waals surface area contributed by atoms with Crippen LogP contribution in [0.2, 0.25) is 0 Å². The van der Waals surface area contributed by atoms with E-state index in [1.54, 1.807) is 14.0 Å². The Morgan fingerprint density at radius 3 is 2.56 bits per heavy atom. The van der Waals surface area contributed by atoms with Crippen molar-refractivity contribution in [3.05, 3.63) is 23.8 Å². The van der Waals surface area contributed by atoms with E-state index in [4.69, 9.17) is 16.7 Å². The zero-order valence-electron chi connectivity index (χ0n) is 9.14. The van der Waals surface area contributed by atoms with Crippen LogP contribution >= 0.6 is 11.6 Å². The molecule has 0 spiro atoms. The average molecular weight is 244 g/mol. The van der Waals surface area contributed by atoms with E-state index in [9.17, 15) is 9.90 Å². The first-order valence-corrected chi connectivity index (χ1v) is 5.27. The smallest absolute Gasteiger partial charge is 0.253 e. The van der Waals surface area contributed by atoms with Gasteiger partial charge in [0, 0.05) is 24.5 Å². The van der Waals surface area contributed by atoms with E-state index in [2.05, 4.69) is 0 Å². The minimum Gasteiger partial charge on any atom is -0.504 e. The molecule has 1 amide bonds. The van der Waals surface area contributed by atoms with Crippen LogP contribution < -0.4 is 0 Å². The van der Waals surface area contributed by atoms with Gasteiger partial charge in [-0.1, -0.05) is 0 Å². The van der Waals surface area contributed by atoms with Gasteiger partial charge in [-0.15, -0.1) is 11.6 Å². The van der Waals surface area contributed by atoms with Gasteiger partial charge < -0.3 is 15.1 Å². The van der Waals surface area contributed by atoms with Crippen molar-refractivity contribution in [3.8, 4) is 11.5 Å². The topological polar surface area (TPSA) is 60.8 Å². The van der Waals surface area contributed by atoms with Crippen molar-refractivity contribution in [2.24, 2.45) is 0 Å². The summed E-state index contributed by atoms with van der Waals surface area (Å²) in [7, 11) is 1.63. The second kappa shape index (κ2) is 5.07. The summed E-state index contributed by atoms with van der Waals surface area (Å²) in [4.78, 5) is 13.3. The van der Waals surface area contributed by atoms with Gasteiger partial charge in [0.1, 0.15) is 0 Å². The van der Waals surface area contributed by atoms with E-state index in [0.717, 1.165) is 0 Å². The predicted octanol–water partition coefficient (Wildman–Crippen LogP) is 1.80. The third-order valence-corrected chi connectivity index (χ3v) is 2.23. The van der Waals surface area contributed by atoms with Crippen molar-refractivity contribution < 1.29 is 15.0 Å². The van der Waals surface area contributed by atoms with E-state index in [1.165, 1.54) is 23.1 Å². The van der Waals surface area contributed by atoms with Gasteiger partial charge in [-0.2, -0.15) is 0 Å². The summed E-state index contributed by atoms with van der Waals surface area (Å²) in [5.41, 5.74) is 0.315. The molecule has 0 aliphatic rings. The van der Waals surface area contributed by atoms with Crippen molar-refractivity contribution in [2.45, 2.75) is 12.3 Å². The highest BCUT2D eigenvalue weighted by Gasteiger charge is 2.14. The second-order valence-electron chi connectivity index (χ2n) is 3.67. The molecule has 1 unspecified atom stereocenters. The lowest BCUT2D eigenvalue weighted by molar-refractivity contribution is 0.0795. The van der Waals surface area contributed by atoms with E-state index in [0.29, 0.717) is 12.1 Å². The molecule has 0 saturated heterocycles. The highest BCUT2D eigenvalue weighted by molar-refractivity contribution is 6.20. The van der Waals surface area contributed by atoms with Gasteiger partial charge in [0.25, 0.3) is 5.91 Å². The second-order valence-corrected chi connectivity index (χ2v) is 4.41. The number of aromatic hydroxyl groups is 2. The van der Waals surface area contributed by atoms with Crippen LogP contribution in [0.1, 0.15) is 17.3 Å². The lowest BCUT2D eigenvalue weighted by atomic mass is 10.2. The molecule has 2 N–H and O–H groups in total. The number of rotatable bonds is 3. The molecule has 1 atom stereocenters. The first-order chi connectivity index (χ1) is 7.41. The Morgan fingerprint density at radius 2 is 2.06 bits per heavy atom. The zero-order chi connectivity index (χ0) is 12.3. The summed E-state index contributed by atoms with van der Waals surface area (Å²) in [6.07, 6.45) is 0. The molecule has 0 saturated carbocycles. The summed E-state index contributed by atoms with van der Waals surface area (Å²) < 4.78 is 0. The van der Waals surface area contributed by atoms with Crippen molar-refractivity contribution >= 4 is 17.5 Å². The van der Waals surface area contributed by atoms with E-state index in [1.807, 2.05) is 0 Å². The Hall–Kier alpha value is -1.42. The fraction of sp³-hybridized carbons (Fsp3) is 0.364. The number of carbonyl (C=O) groups is 1. The third-order valence-electron chi connectivity index (χ3n) is 2.09. The summed E-state index contributed by atoms with van der Waals surface area (Å²) in [5.74, 6) is -0.800. The van der Waals surface area contributed by atoms with Crippen LogP contribution in [0.3, 0.4) is 0 Å². The molecule has 0 aromatic heterocycles. The molecular formula is C11H14ClNO3. The molecule has 88 valence electrons. The minimum atomic E-state index is -0.307. The quantitative estimate of drug-likeness (QED) is 0.629. The first kappa shape index (κ1) is 12.6. The first-order valence-electron chi connectivity index (χ1n) is 4.83. The van der Waals surface area contributed by atoms with Gasteiger partial charge in [0.2, 0.25) is 0 Å². The number of hydrogen-bond donors (Lipinski definition) is 2. The Kier molecular flexibility index (Phi) is 4.01. The van der Waals surface area contributed by atoms with Crippen molar-refractivity contribution in [2.75, 3.05) is 13.6 Å². The molecule has 0 aliphatic carbocycles. The molecule has 16 heavy (non-hydrogen) atoms. The van der Waals surface area contributed by atoms with Crippen LogP contribution in [0.25, 0.3) is 0 Å². The molecule has 0 radical (unpaired) electrons. The highest BCUT2D eigenvalue weighted by atomic mass is 35.5. The van der Waals surface area contributed by atoms with Gasteiger partial charge in [-0.3, -0.25) is 4.79 Å². The predicted molar refractivity (Wildman–Crippen MR) is 62.0 cm³/mol. The maximum Gasteiger partial charge on any atom is 0.253 e. The monoisotopic (exact) mass is 243 g/mol. The number of amides is 1. The maximum absolute atomic E-state index is 11.8. The SMILES string of the molecule is CC(Cl)CN(C)C(=O)c1ccc(O)c(O)c1. The lowest BCUT2D eigenvalue weighted by Gasteiger charge is -2.18. The summed E-state index contributed by atoms with van der Waals surface area (Å²) in [5, 5.41) is 18.2. The van der Waals surface area contributed by atoms with Crippen LogP contribution in [0, 0.1) is 0 Å². The highest BCUT2D eigenvalue weighted by Crippen LogP contribution is 2.25. The summed E-state index contributed by atoms with van der Waals surface area (Å²) in [6, 6.07) is 3.96. The van der Waals surface area contributed by atoms with E-state index >= 15 is 0 Å². The van der Waals surface area contributed by atoms with Gasteiger partial charge in [0.15, 0.2) is 11.5 Å². The number of alkyl halides is 1. The van der Waals surface area contributed by atoms with Crippen molar-refractivity contribution in [1.29, 1.82) is 0 Å². The largest absolute Gasteiger partial charge is 0.504 e. The van der Waals surface area contributed by atoms with Gasteiger partial charge >= 0.3 is 0 Å². The molecule has 5 heteroatoms. The van der Waals surface area contributed by atoms with Crippen LogP contribution in [0.4, 0.5) is 0 Å². The lowest BCUT2D eigenvalue weighted by Crippen LogP contribution is -2.31. The molecular weight excluding hydrogens is 230 g/mol. The van der Waals surface area contributed by atoms with Crippen LogP contribution in [-0.2, 0) is 0 Å². The van der Waals surface area contributed by atoms with Crippen LogP contribution in [0.15, 0.2) is 18.2 Å². The van der Waals surface area contributed by atoms with Crippen molar-refractivity contribution in [3.63, 3.8) is 0 Å². The number of phenols is 2. The molecule has 4 nitrogen and oxygen atoms in total. The Balaban J connectivity index is 2.84. The maximum atomic E-state index is 11.8. The molecule has 0 aliphatic heterocycles. The molecule has 0 heterocycles. The number of phenolic OH excluding ortho intramolecular Hbond substituents is 2. The molecule has 1 rings (SSSR count). The molecule has 1 aromatic rings. The van der Waals surface area contributed by atoms with Gasteiger partial charge in [0.05, 0.1) is 0 Å². The van der Waals surface area contributed by atoms with E-state index in [-0.39, 0.29) is 22.8 Å². The summed E-state index contributed by atoms with van der Waals surface area (Å²) >= 11 is 5.78. The normalized spacial score (nSPS) is 12.2. The minimum absolute atomic E-state index is 0.139. The Labute approximate surface area is 99.1 Å². The number of hydrogen-bond acceptors (Lipinski definition) is 3. The summed E-state index contributed by atoms with van der Waals surface area (Å²) in [6.45, 7) is 2.21. The fourth-order valence-corrected chi connectivity index (χ4v) is 1.54. The van der Waals surface area contributed by atoms with Crippen LogP contribution in [0.5, 0.6) is 11.5 Å². The molecule has 1 aromatic carbocycles. The Bertz CT molecular complexity index is 393.